The van der Waals surface area contributed by atoms with Gasteiger partial charge in [-0.3, -0.25) is 4.72 Å². The van der Waals surface area contributed by atoms with E-state index < -0.39 is 10.0 Å². The largest absolute Gasteiger partial charge is 0.465 e. The molecular formula is C23H24BrN2O4S+. The normalized spacial score (nSPS) is 12.2. The highest BCUT2D eigenvalue weighted by Crippen LogP contribution is 2.30. The minimum absolute atomic E-state index is 0.0900. The third-order valence-electron chi connectivity index (χ3n) is 4.83. The Bertz CT molecular complexity index is 1150. The van der Waals surface area contributed by atoms with Crippen LogP contribution in [0.1, 0.15) is 22.7 Å². The van der Waals surface area contributed by atoms with Gasteiger partial charge in [-0.2, -0.15) is 0 Å². The smallest absolute Gasteiger partial charge is 0.361 e. The van der Waals surface area contributed by atoms with Gasteiger partial charge in [0.2, 0.25) is 0 Å². The maximum absolute atomic E-state index is 13.0. The maximum Gasteiger partial charge on any atom is 0.361 e. The molecule has 0 saturated carbocycles. The zero-order valence-electron chi connectivity index (χ0n) is 17.2. The molecule has 0 amide bonds. The number of nitrogens with one attached hydrogen (secondary N) is 1. The van der Waals surface area contributed by atoms with E-state index in [9.17, 15) is 13.2 Å². The predicted molar refractivity (Wildman–Crippen MR) is 123 cm³/mol. The molecule has 1 unspecified atom stereocenters. The molecule has 0 radical (unpaired) electrons. The fourth-order valence-corrected chi connectivity index (χ4v) is 4.67. The number of sulfonamides is 1. The van der Waals surface area contributed by atoms with Gasteiger partial charge in [-0.1, -0.05) is 64.0 Å². The van der Waals surface area contributed by atoms with Gasteiger partial charge >= 0.3 is 5.97 Å². The Morgan fingerprint density at radius 1 is 1.06 bits per heavy atom. The first-order valence-electron chi connectivity index (χ1n) is 9.64. The lowest BCUT2D eigenvalue weighted by atomic mass is 9.97. The van der Waals surface area contributed by atoms with Gasteiger partial charge in [0.25, 0.3) is 10.0 Å². The Balaban J connectivity index is 2.03. The van der Waals surface area contributed by atoms with E-state index in [1.54, 1.807) is 36.4 Å². The summed E-state index contributed by atoms with van der Waals surface area (Å²) in [4.78, 5) is 12.0. The molecule has 0 aliphatic heterocycles. The van der Waals surface area contributed by atoms with E-state index in [0.29, 0.717) is 5.69 Å². The summed E-state index contributed by atoms with van der Waals surface area (Å²) in [5, 5.41) is 1.83. The summed E-state index contributed by atoms with van der Waals surface area (Å²) in [7, 11) is -2.45. The van der Waals surface area contributed by atoms with Crippen molar-refractivity contribution >= 4 is 37.6 Å². The molecule has 0 bridgehead atoms. The van der Waals surface area contributed by atoms with Crippen LogP contribution >= 0.6 is 15.9 Å². The van der Waals surface area contributed by atoms with Gasteiger partial charge in [0.05, 0.1) is 17.7 Å². The lowest BCUT2D eigenvalue weighted by Gasteiger charge is -2.20. The quantitative estimate of drug-likeness (QED) is 0.461. The molecule has 31 heavy (non-hydrogen) atoms. The minimum Gasteiger partial charge on any atom is -0.465 e. The van der Waals surface area contributed by atoms with Gasteiger partial charge in [0, 0.05) is 15.6 Å². The number of carbonyl (C=O) groups is 1. The Kier molecular flexibility index (Phi) is 7.48. The Hall–Kier alpha value is -2.68. The summed E-state index contributed by atoms with van der Waals surface area (Å²) in [6.45, 7) is 1.99. The molecule has 1 atom stereocenters. The van der Waals surface area contributed by atoms with E-state index in [4.69, 9.17) is 4.74 Å². The van der Waals surface area contributed by atoms with Crippen LogP contribution in [0.3, 0.4) is 0 Å². The van der Waals surface area contributed by atoms with Crippen molar-refractivity contribution in [1.29, 1.82) is 0 Å². The Morgan fingerprint density at radius 2 is 1.74 bits per heavy atom. The second-order valence-electron chi connectivity index (χ2n) is 7.05. The molecule has 0 aliphatic carbocycles. The minimum atomic E-state index is -3.79. The zero-order chi connectivity index (χ0) is 22.4. The molecule has 0 saturated heterocycles. The zero-order valence-corrected chi connectivity index (χ0v) is 19.6. The van der Waals surface area contributed by atoms with E-state index in [-0.39, 0.29) is 23.5 Å². The number of benzene rings is 3. The fraction of sp³-hybridized carbons (Fsp3) is 0.174. The van der Waals surface area contributed by atoms with Crippen LogP contribution in [0.25, 0.3) is 0 Å². The van der Waals surface area contributed by atoms with Crippen LogP contribution in [-0.2, 0) is 19.6 Å². The van der Waals surface area contributed by atoms with E-state index in [2.05, 4.69) is 20.7 Å². The lowest BCUT2D eigenvalue weighted by molar-refractivity contribution is -0.677. The number of aryl methyl sites for hydroxylation is 1. The first-order chi connectivity index (χ1) is 14.8. The standard InChI is InChI=1S/C23H23BrN2O4S/c1-16-8-11-19(12-9-16)31(28,29)26-21-13-10-18(24)14-20(21)23(25-15-22(27)30-2)17-6-4-3-5-7-17/h3-14,23,25-26H,15H2,1-2H3/p+1. The first kappa shape index (κ1) is 23.0. The summed E-state index contributed by atoms with van der Waals surface area (Å²) < 4.78 is 34.3. The second kappa shape index (κ2) is 10.1. The molecule has 0 aliphatic rings. The molecule has 3 N–H and O–H groups in total. The lowest BCUT2D eigenvalue weighted by Crippen LogP contribution is -2.87. The highest BCUT2D eigenvalue weighted by atomic mass is 79.9. The third-order valence-corrected chi connectivity index (χ3v) is 6.71. The molecule has 3 rings (SSSR count). The van der Waals surface area contributed by atoms with Gasteiger partial charge in [0.15, 0.2) is 6.54 Å². The molecule has 3 aromatic carbocycles. The topological polar surface area (TPSA) is 89.1 Å². The molecule has 0 aromatic heterocycles. The van der Waals surface area contributed by atoms with Crippen molar-refractivity contribution in [1.82, 2.24) is 0 Å². The second-order valence-corrected chi connectivity index (χ2v) is 9.65. The SMILES string of the molecule is COC(=O)C[NH2+]C(c1ccccc1)c1cc(Br)ccc1NS(=O)(=O)c1ccc(C)cc1. The number of hydrogen-bond acceptors (Lipinski definition) is 4. The number of ether oxygens (including phenoxy) is 1. The van der Waals surface area contributed by atoms with Crippen LogP contribution < -0.4 is 10.0 Å². The van der Waals surface area contributed by atoms with Crippen molar-refractivity contribution in [2.45, 2.75) is 17.9 Å². The van der Waals surface area contributed by atoms with E-state index in [1.165, 1.54) is 7.11 Å². The average Bonchev–Trinajstić information content (AvgIpc) is 2.76. The number of hydrogen-bond donors (Lipinski definition) is 2. The van der Waals surface area contributed by atoms with Gasteiger partial charge in [0.1, 0.15) is 6.04 Å². The van der Waals surface area contributed by atoms with Crippen LogP contribution in [0.2, 0.25) is 0 Å². The molecule has 0 fully saturated rings. The summed E-state index contributed by atoms with van der Waals surface area (Å²) >= 11 is 3.48. The number of quaternary nitrogens is 1. The molecule has 0 spiro atoms. The predicted octanol–water partition coefficient (Wildman–Crippen LogP) is 3.38. The maximum atomic E-state index is 13.0. The number of anilines is 1. The van der Waals surface area contributed by atoms with E-state index >= 15 is 0 Å². The van der Waals surface area contributed by atoms with Crippen molar-refractivity contribution in [2.24, 2.45) is 0 Å². The van der Waals surface area contributed by atoms with Crippen molar-refractivity contribution in [2.75, 3.05) is 18.4 Å². The van der Waals surface area contributed by atoms with Crippen LogP contribution in [0.15, 0.2) is 82.2 Å². The van der Waals surface area contributed by atoms with Gasteiger partial charge in [-0.15, -0.1) is 0 Å². The van der Waals surface area contributed by atoms with Gasteiger partial charge in [-0.25, -0.2) is 13.2 Å². The molecule has 0 heterocycles. The monoisotopic (exact) mass is 503 g/mol. The molecule has 6 nitrogen and oxygen atoms in total. The van der Waals surface area contributed by atoms with Crippen LogP contribution in [0.4, 0.5) is 5.69 Å². The van der Waals surface area contributed by atoms with Gasteiger partial charge in [-0.05, 0) is 37.3 Å². The van der Waals surface area contributed by atoms with E-state index in [0.717, 1.165) is 21.2 Å². The summed E-state index contributed by atoms with van der Waals surface area (Å²) in [5.41, 5.74) is 3.07. The number of esters is 1. The van der Waals surface area contributed by atoms with Crippen LogP contribution in [0.5, 0.6) is 0 Å². The number of rotatable bonds is 8. The van der Waals surface area contributed by atoms with Crippen LogP contribution in [-0.4, -0.2) is 28.0 Å². The van der Waals surface area contributed by atoms with Crippen molar-refractivity contribution in [3.05, 3.63) is 94.0 Å². The summed E-state index contributed by atoms with van der Waals surface area (Å²) in [6.07, 6.45) is 0. The fourth-order valence-electron chi connectivity index (χ4n) is 3.21. The average molecular weight is 504 g/mol. The number of methoxy groups -OCH3 is 1. The third kappa shape index (κ3) is 5.94. The highest BCUT2D eigenvalue weighted by molar-refractivity contribution is 9.10. The molecular weight excluding hydrogens is 480 g/mol. The number of halogens is 1. The number of carbonyl (C=O) groups excluding carboxylic acids is 1. The van der Waals surface area contributed by atoms with Crippen molar-refractivity contribution in [3.8, 4) is 0 Å². The summed E-state index contributed by atoms with van der Waals surface area (Å²) in [5.74, 6) is -0.363. The number of nitrogens with two attached hydrogens (primary N) is 1. The van der Waals surface area contributed by atoms with Crippen LogP contribution in [0, 0.1) is 6.92 Å². The Morgan fingerprint density at radius 3 is 2.39 bits per heavy atom. The highest BCUT2D eigenvalue weighted by Gasteiger charge is 2.25. The van der Waals surface area contributed by atoms with Crippen molar-refractivity contribution in [3.63, 3.8) is 0 Å². The first-order valence-corrected chi connectivity index (χ1v) is 11.9. The summed E-state index contributed by atoms with van der Waals surface area (Å²) in [6, 6.07) is 21.3. The van der Waals surface area contributed by atoms with Crippen molar-refractivity contribution < 1.29 is 23.3 Å². The molecule has 3 aromatic rings. The van der Waals surface area contributed by atoms with E-state index in [1.807, 2.05) is 48.6 Å². The molecule has 162 valence electrons. The molecule has 8 heteroatoms. The Labute approximate surface area is 190 Å². The van der Waals surface area contributed by atoms with Gasteiger partial charge < -0.3 is 10.1 Å².